The molecule has 0 N–H and O–H groups in total. The second kappa shape index (κ2) is 4.44. The van der Waals surface area contributed by atoms with E-state index in [2.05, 4.69) is 18.2 Å². The lowest BCUT2D eigenvalue weighted by Crippen LogP contribution is -2.34. The Morgan fingerprint density at radius 1 is 1.10 bits per heavy atom. The molecule has 4 rings (SSSR count). The fourth-order valence-electron chi connectivity index (χ4n) is 3.14. The van der Waals surface area contributed by atoms with Crippen LogP contribution in [0.2, 0.25) is 0 Å². The molecule has 2 heterocycles. The molecule has 2 atom stereocenters. The predicted molar refractivity (Wildman–Crippen MR) is 75.5 cm³/mol. The Labute approximate surface area is 118 Å². The molecule has 0 saturated carbocycles. The first kappa shape index (κ1) is 11.6. The Kier molecular flexibility index (Phi) is 2.59. The normalized spacial score (nSPS) is 22.6. The highest BCUT2D eigenvalue weighted by Gasteiger charge is 2.37. The van der Waals surface area contributed by atoms with Crippen LogP contribution >= 0.6 is 0 Å². The predicted octanol–water partition coefficient (Wildman–Crippen LogP) is 3.38. The zero-order valence-corrected chi connectivity index (χ0v) is 11.3. The van der Waals surface area contributed by atoms with Crippen molar-refractivity contribution >= 4 is 0 Å². The lowest BCUT2D eigenvalue weighted by molar-refractivity contribution is 0.0526. The van der Waals surface area contributed by atoms with Crippen molar-refractivity contribution in [3.05, 3.63) is 53.6 Å². The molecule has 0 aliphatic carbocycles. The monoisotopic (exact) mass is 268 g/mol. The Balaban J connectivity index is 1.78. The average molecular weight is 268 g/mol. The fourth-order valence-corrected chi connectivity index (χ4v) is 3.14. The molecule has 0 aromatic heterocycles. The van der Waals surface area contributed by atoms with Crippen molar-refractivity contribution in [2.24, 2.45) is 5.92 Å². The highest BCUT2D eigenvalue weighted by atomic mass is 16.5. The second-order valence-corrected chi connectivity index (χ2v) is 5.30. The maximum absolute atomic E-state index is 6.23. The summed E-state index contributed by atoms with van der Waals surface area (Å²) in [6, 6.07) is 14.2. The first-order valence-electron chi connectivity index (χ1n) is 6.91. The number of hydrogen-bond donors (Lipinski definition) is 0. The number of para-hydroxylation sites is 2. The average Bonchev–Trinajstić information content (AvgIpc) is 2.52. The van der Waals surface area contributed by atoms with Crippen LogP contribution in [0.25, 0.3) is 0 Å². The van der Waals surface area contributed by atoms with Crippen LogP contribution in [0.4, 0.5) is 0 Å². The van der Waals surface area contributed by atoms with E-state index in [4.69, 9.17) is 14.2 Å². The number of fused-ring (bicyclic) bond motifs is 4. The molecule has 2 aliphatic rings. The Hall–Kier alpha value is -2.16. The van der Waals surface area contributed by atoms with Gasteiger partial charge in [0.05, 0.1) is 13.7 Å². The number of rotatable bonds is 1. The molecular weight excluding hydrogens is 252 g/mol. The van der Waals surface area contributed by atoms with E-state index in [1.54, 1.807) is 7.11 Å². The van der Waals surface area contributed by atoms with Gasteiger partial charge >= 0.3 is 0 Å². The third kappa shape index (κ3) is 1.66. The first-order chi connectivity index (χ1) is 9.86. The molecule has 0 saturated heterocycles. The zero-order valence-electron chi connectivity index (χ0n) is 11.3. The molecule has 0 unspecified atom stereocenters. The van der Waals surface area contributed by atoms with Gasteiger partial charge in [0, 0.05) is 11.5 Å². The maximum atomic E-state index is 6.23. The number of benzene rings is 2. The molecule has 0 amide bonds. The molecule has 0 spiro atoms. The van der Waals surface area contributed by atoms with E-state index in [0.29, 0.717) is 12.5 Å². The number of methoxy groups -OCH3 is 1. The van der Waals surface area contributed by atoms with Gasteiger partial charge in [0.25, 0.3) is 0 Å². The van der Waals surface area contributed by atoms with Crippen LogP contribution in [0.15, 0.2) is 42.5 Å². The molecule has 3 heteroatoms. The van der Waals surface area contributed by atoms with Gasteiger partial charge in [0.15, 0.2) is 11.5 Å². The largest absolute Gasteiger partial charge is 0.493 e. The summed E-state index contributed by atoms with van der Waals surface area (Å²) >= 11 is 0. The first-order valence-corrected chi connectivity index (χ1v) is 6.91. The molecular formula is C17H16O3. The summed E-state index contributed by atoms with van der Waals surface area (Å²) in [5, 5.41) is 0. The minimum absolute atomic E-state index is 0.0590. The standard InChI is InChI=1S/C17H16O3/c1-18-15-8-4-6-13-16-12(10-19-17(13)15)9-11-5-2-3-7-14(11)20-16/h2-8,12,16H,9-10H2,1H3/t12-,16-/m0/s1. The van der Waals surface area contributed by atoms with Crippen molar-refractivity contribution in [3.63, 3.8) is 0 Å². The van der Waals surface area contributed by atoms with E-state index in [-0.39, 0.29) is 6.10 Å². The highest BCUT2D eigenvalue weighted by Crippen LogP contribution is 2.47. The zero-order chi connectivity index (χ0) is 13.5. The summed E-state index contributed by atoms with van der Waals surface area (Å²) in [6.45, 7) is 0.673. The summed E-state index contributed by atoms with van der Waals surface area (Å²) in [7, 11) is 1.67. The van der Waals surface area contributed by atoms with Crippen LogP contribution in [-0.2, 0) is 6.42 Å². The van der Waals surface area contributed by atoms with Crippen molar-refractivity contribution < 1.29 is 14.2 Å². The van der Waals surface area contributed by atoms with Gasteiger partial charge in [-0.1, -0.05) is 30.3 Å². The van der Waals surface area contributed by atoms with Gasteiger partial charge in [-0.05, 0) is 24.1 Å². The summed E-state index contributed by atoms with van der Waals surface area (Å²) in [4.78, 5) is 0. The Morgan fingerprint density at radius 2 is 2.00 bits per heavy atom. The van der Waals surface area contributed by atoms with E-state index in [0.717, 1.165) is 29.2 Å². The molecule has 20 heavy (non-hydrogen) atoms. The Morgan fingerprint density at radius 3 is 2.90 bits per heavy atom. The summed E-state index contributed by atoms with van der Waals surface area (Å²) < 4.78 is 17.5. The third-order valence-corrected chi connectivity index (χ3v) is 4.11. The van der Waals surface area contributed by atoms with Gasteiger partial charge < -0.3 is 14.2 Å². The maximum Gasteiger partial charge on any atom is 0.168 e. The van der Waals surface area contributed by atoms with Crippen molar-refractivity contribution in [1.29, 1.82) is 0 Å². The van der Waals surface area contributed by atoms with Crippen molar-refractivity contribution in [3.8, 4) is 17.2 Å². The van der Waals surface area contributed by atoms with Gasteiger partial charge in [-0.2, -0.15) is 0 Å². The SMILES string of the molecule is COc1cccc2c1OC[C@@H]1Cc3ccccc3O[C@H]21. The summed E-state index contributed by atoms with van der Waals surface area (Å²) in [5.41, 5.74) is 2.36. The second-order valence-electron chi connectivity index (χ2n) is 5.30. The van der Waals surface area contributed by atoms with Gasteiger partial charge in [0.1, 0.15) is 11.9 Å². The molecule has 3 nitrogen and oxygen atoms in total. The minimum atomic E-state index is 0.0590. The van der Waals surface area contributed by atoms with E-state index < -0.39 is 0 Å². The molecule has 0 bridgehead atoms. The molecule has 0 fully saturated rings. The van der Waals surface area contributed by atoms with Crippen LogP contribution < -0.4 is 14.2 Å². The van der Waals surface area contributed by atoms with E-state index >= 15 is 0 Å². The highest BCUT2D eigenvalue weighted by molar-refractivity contribution is 5.50. The van der Waals surface area contributed by atoms with E-state index in [9.17, 15) is 0 Å². The van der Waals surface area contributed by atoms with Crippen LogP contribution in [0.5, 0.6) is 17.2 Å². The smallest absolute Gasteiger partial charge is 0.168 e. The molecule has 102 valence electrons. The fraction of sp³-hybridized carbons (Fsp3) is 0.294. The summed E-state index contributed by atoms with van der Waals surface area (Å²) in [5.74, 6) is 2.97. The van der Waals surface area contributed by atoms with Gasteiger partial charge in [-0.25, -0.2) is 0 Å². The number of ether oxygens (including phenoxy) is 3. The lowest BCUT2D eigenvalue weighted by Gasteiger charge is -2.38. The quantitative estimate of drug-likeness (QED) is 0.793. The van der Waals surface area contributed by atoms with Crippen molar-refractivity contribution in [1.82, 2.24) is 0 Å². The topological polar surface area (TPSA) is 27.7 Å². The van der Waals surface area contributed by atoms with Crippen molar-refractivity contribution in [2.45, 2.75) is 12.5 Å². The van der Waals surface area contributed by atoms with Crippen LogP contribution in [0, 0.1) is 5.92 Å². The van der Waals surface area contributed by atoms with Crippen molar-refractivity contribution in [2.75, 3.05) is 13.7 Å². The molecule has 0 radical (unpaired) electrons. The van der Waals surface area contributed by atoms with Gasteiger partial charge in [0.2, 0.25) is 0 Å². The van der Waals surface area contributed by atoms with Gasteiger partial charge in [-0.3, -0.25) is 0 Å². The molecule has 2 aliphatic heterocycles. The molecule has 2 aromatic rings. The minimum Gasteiger partial charge on any atom is -0.493 e. The van der Waals surface area contributed by atoms with E-state index in [1.807, 2.05) is 24.3 Å². The Bertz CT molecular complexity index is 650. The third-order valence-electron chi connectivity index (χ3n) is 4.11. The van der Waals surface area contributed by atoms with Gasteiger partial charge in [-0.15, -0.1) is 0 Å². The number of hydrogen-bond acceptors (Lipinski definition) is 3. The molecule has 2 aromatic carbocycles. The van der Waals surface area contributed by atoms with Crippen LogP contribution in [-0.4, -0.2) is 13.7 Å². The lowest BCUT2D eigenvalue weighted by atomic mass is 9.85. The summed E-state index contributed by atoms with van der Waals surface area (Å²) in [6.07, 6.45) is 1.06. The van der Waals surface area contributed by atoms with Crippen LogP contribution in [0.3, 0.4) is 0 Å². The van der Waals surface area contributed by atoms with Crippen LogP contribution in [0.1, 0.15) is 17.2 Å². The van der Waals surface area contributed by atoms with E-state index in [1.165, 1.54) is 5.56 Å².